The number of methoxy groups -OCH3 is 1. The first-order valence-electron chi connectivity index (χ1n) is 5.36. The summed E-state index contributed by atoms with van der Waals surface area (Å²) < 4.78 is 44.1. The molecule has 2 rings (SSSR count). The third-order valence-electron chi connectivity index (χ3n) is 2.88. The lowest BCUT2D eigenvalue weighted by Gasteiger charge is -2.16. The molecule has 0 unspecified atom stereocenters. The van der Waals surface area contributed by atoms with E-state index in [-0.39, 0.29) is 27.1 Å². The zero-order valence-corrected chi connectivity index (χ0v) is 10.6. The van der Waals surface area contributed by atoms with Gasteiger partial charge in [-0.3, -0.25) is 0 Å². The first kappa shape index (κ1) is 14.0. The minimum absolute atomic E-state index is 0.0414. The van der Waals surface area contributed by atoms with Gasteiger partial charge in [0.05, 0.1) is 13.7 Å². The van der Waals surface area contributed by atoms with E-state index in [0.717, 1.165) is 0 Å². The van der Waals surface area contributed by atoms with Gasteiger partial charge in [0.2, 0.25) is 0 Å². The zero-order valence-electron chi connectivity index (χ0n) is 9.88. The number of fused-ring (bicyclic) bond motifs is 1. The van der Waals surface area contributed by atoms with E-state index in [1.54, 1.807) is 0 Å². The molecule has 1 N–H and O–H groups in total. The van der Waals surface area contributed by atoms with Crippen LogP contribution in [0, 0.1) is 0 Å². The highest BCUT2D eigenvalue weighted by molar-refractivity contribution is 6.32. The van der Waals surface area contributed by atoms with Crippen molar-refractivity contribution in [3.05, 3.63) is 40.4 Å². The van der Waals surface area contributed by atoms with Crippen LogP contribution >= 0.6 is 11.6 Å². The van der Waals surface area contributed by atoms with Gasteiger partial charge in [0.25, 0.3) is 0 Å². The molecule has 0 spiro atoms. The Bertz CT molecular complexity index is 623. The Labute approximate surface area is 112 Å². The van der Waals surface area contributed by atoms with Crippen molar-refractivity contribution in [3.8, 4) is 5.75 Å². The van der Waals surface area contributed by atoms with Gasteiger partial charge in [-0.2, -0.15) is 13.2 Å². The van der Waals surface area contributed by atoms with Crippen LogP contribution in [0.2, 0.25) is 5.02 Å². The van der Waals surface area contributed by atoms with Crippen LogP contribution in [0.4, 0.5) is 13.2 Å². The average molecular weight is 291 g/mol. The van der Waals surface area contributed by atoms with Crippen LogP contribution in [0.1, 0.15) is 11.1 Å². The van der Waals surface area contributed by atoms with Gasteiger partial charge in [-0.15, -0.1) is 0 Å². The molecule has 2 nitrogen and oxygen atoms in total. The van der Waals surface area contributed by atoms with Crippen molar-refractivity contribution in [1.29, 1.82) is 0 Å². The predicted molar refractivity (Wildman–Crippen MR) is 66.4 cm³/mol. The van der Waals surface area contributed by atoms with E-state index in [9.17, 15) is 18.3 Å². The lowest BCUT2D eigenvalue weighted by Crippen LogP contribution is -2.09. The van der Waals surface area contributed by atoms with E-state index in [2.05, 4.69) is 0 Å². The maximum Gasteiger partial charge on any atom is 0.420 e. The van der Waals surface area contributed by atoms with Crippen molar-refractivity contribution >= 4 is 22.4 Å². The molecule has 19 heavy (non-hydrogen) atoms. The molecular formula is C13H10ClF3O2. The van der Waals surface area contributed by atoms with E-state index in [1.165, 1.54) is 31.4 Å². The summed E-state index contributed by atoms with van der Waals surface area (Å²) in [6.45, 7) is -0.431. The highest BCUT2D eigenvalue weighted by Gasteiger charge is 2.36. The fourth-order valence-corrected chi connectivity index (χ4v) is 2.27. The van der Waals surface area contributed by atoms with E-state index in [1.807, 2.05) is 0 Å². The van der Waals surface area contributed by atoms with E-state index in [4.69, 9.17) is 16.3 Å². The van der Waals surface area contributed by atoms with Crippen LogP contribution in [0.15, 0.2) is 24.3 Å². The molecule has 0 atom stereocenters. The van der Waals surface area contributed by atoms with Crippen LogP contribution in [-0.2, 0) is 12.8 Å². The lowest BCUT2D eigenvalue weighted by atomic mass is 9.99. The first-order valence-corrected chi connectivity index (χ1v) is 5.74. The summed E-state index contributed by atoms with van der Waals surface area (Å²) in [6.07, 6.45) is -4.55. The summed E-state index contributed by atoms with van der Waals surface area (Å²) in [4.78, 5) is 0. The Balaban J connectivity index is 2.91. The predicted octanol–water partition coefficient (Wildman–Crippen LogP) is 4.01. The molecule has 2 aromatic carbocycles. The smallest absolute Gasteiger partial charge is 0.420 e. The fraction of sp³-hybridized carbons (Fsp3) is 0.231. The Morgan fingerprint density at radius 2 is 1.79 bits per heavy atom. The second kappa shape index (κ2) is 4.90. The number of hydrogen-bond donors (Lipinski definition) is 1. The summed E-state index contributed by atoms with van der Waals surface area (Å²) >= 11 is 5.87. The molecule has 0 radical (unpaired) electrons. The Morgan fingerprint density at radius 3 is 2.32 bits per heavy atom. The number of benzene rings is 2. The van der Waals surface area contributed by atoms with Crippen molar-refractivity contribution in [1.82, 2.24) is 0 Å². The molecule has 2 aromatic rings. The molecular weight excluding hydrogens is 281 g/mol. The van der Waals surface area contributed by atoms with Gasteiger partial charge < -0.3 is 9.84 Å². The SMILES string of the molecule is COc1ccc2c(CO)c(Cl)ccc2c1C(F)(F)F. The Hall–Kier alpha value is -1.46. The molecule has 0 aromatic heterocycles. The Morgan fingerprint density at radius 1 is 1.16 bits per heavy atom. The van der Waals surface area contributed by atoms with Crippen LogP contribution in [0.5, 0.6) is 5.75 Å². The lowest BCUT2D eigenvalue weighted by molar-refractivity contribution is -0.137. The topological polar surface area (TPSA) is 29.5 Å². The normalized spacial score (nSPS) is 11.9. The van der Waals surface area contributed by atoms with E-state index < -0.39 is 18.3 Å². The maximum atomic E-state index is 13.1. The molecule has 6 heteroatoms. The molecule has 0 fully saturated rings. The van der Waals surface area contributed by atoms with Gasteiger partial charge >= 0.3 is 6.18 Å². The maximum absolute atomic E-state index is 13.1. The van der Waals surface area contributed by atoms with Crippen LogP contribution < -0.4 is 4.74 Å². The molecule has 0 aliphatic carbocycles. The molecule has 0 bridgehead atoms. The van der Waals surface area contributed by atoms with Gasteiger partial charge in [0.15, 0.2) is 0 Å². The van der Waals surface area contributed by atoms with Crippen molar-refractivity contribution in [2.45, 2.75) is 12.8 Å². The summed E-state index contributed by atoms with van der Waals surface area (Å²) in [7, 11) is 1.18. The standard InChI is InChI=1S/C13H10ClF3O2/c1-19-11-5-3-7-8(12(11)13(15,16)17)2-4-10(14)9(7)6-18/h2-5,18H,6H2,1H3. The third kappa shape index (κ3) is 2.35. The summed E-state index contributed by atoms with van der Waals surface area (Å²) in [5.41, 5.74) is -0.591. The molecule has 0 aliphatic rings. The monoisotopic (exact) mass is 290 g/mol. The minimum atomic E-state index is -4.55. The fourth-order valence-electron chi connectivity index (χ4n) is 2.04. The van der Waals surface area contributed by atoms with Gasteiger partial charge in [-0.25, -0.2) is 0 Å². The Kier molecular flexibility index (Phi) is 3.60. The second-order valence-corrected chi connectivity index (χ2v) is 4.33. The van der Waals surface area contributed by atoms with E-state index >= 15 is 0 Å². The third-order valence-corrected chi connectivity index (χ3v) is 3.23. The summed E-state index contributed by atoms with van der Waals surface area (Å²) in [5, 5.41) is 9.69. The highest BCUT2D eigenvalue weighted by Crippen LogP contribution is 2.42. The van der Waals surface area contributed by atoms with Gasteiger partial charge in [-0.05, 0) is 22.9 Å². The molecule has 0 saturated carbocycles. The minimum Gasteiger partial charge on any atom is -0.496 e. The first-order chi connectivity index (χ1) is 8.90. The molecule has 0 saturated heterocycles. The number of alkyl halides is 3. The van der Waals surface area contributed by atoms with Gasteiger partial charge in [0.1, 0.15) is 11.3 Å². The van der Waals surface area contributed by atoms with E-state index in [0.29, 0.717) is 0 Å². The highest BCUT2D eigenvalue weighted by atomic mass is 35.5. The number of rotatable bonds is 2. The van der Waals surface area contributed by atoms with Crippen LogP contribution in [0.3, 0.4) is 0 Å². The van der Waals surface area contributed by atoms with Gasteiger partial charge in [0, 0.05) is 10.6 Å². The summed E-state index contributed by atoms with van der Waals surface area (Å²) in [6, 6.07) is 5.30. The molecule has 0 aliphatic heterocycles. The average Bonchev–Trinajstić information content (AvgIpc) is 2.36. The van der Waals surface area contributed by atoms with Crippen molar-refractivity contribution in [3.63, 3.8) is 0 Å². The number of ether oxygens (including phenoxy) is 1. The quantitative estimate of drug-likeness (QED) is 0.905. The molecule has 0 amide bonds. The number of halogens is 4. The van der Waals surface area contributed by atoms with Crippen molar-refractivity contribution in [2.24, 2.45) is 0 Å². The second-order valence-electron chi connectivity index (χ2n) is 3.92. The number of aliphatic hydroxyl groups is 1. The van der Waals surface area contributed by atoms with Crippen LogP contribution in [0.25, 0.3) is 10.8 Å². The van der Waals surface area contributed by atoms with Crippen molar-refractivity contribution in [2.75, 3.05) is 7.11 Å². The molecule has 102 valence electrons. The largest absolute Gasteiger partial charge is 0.496 e. The molecule has 0 heterocycles. The van der Waals surface area contributed by atoms with Crippen LogP contribution in [-0.4, -0.2) is 12.2 Å². The van der Waals surface area contributed by atoms with Crippen molar-refractivity contribution < 1.29 is 23.0 Å². The van der Waals surface area contributed by atoms with Gasteiger partial charge in [-0.1, -0.05) is 23.7 Å². The zero-order chi connectivity index (χ0) is 14.2. The number of hydrogen-bond acceptors (Lipinski definition) is 2. The number of aliphatic hydroxyl groups excluding tert-OH is 1. The summed E-state index contributed by atoms with van der Waals surface area (Å²) in [5.74, 6) is -0.258.